The van der Waals surface area contributed by atoms with Crippen molar-refractivity contribution in [1.29, 1.82) is 0 Å². The number of nitrogens with two attached hydrogens (primary N) is 1. The van der Waals surface area contributed by atoms with Gasteiger partial charge in [-0.15, -0.1) is 17.9 Å². The van der Waals surface area contributed by atoms with Gasteiger partial charge in [-0.2, -0.15) is 0 Å². The Morgan fingerprint density at radius 1 is 1.30 bits per heavy atom. The fraction of sp³-hybridized carbons (Fsp3) is 0.250. The number of hydrogen-bond acceptors (Lipinski definition) is 5. The summed E-state index contributed by atoms with van der Waals surface area (Å²) in [5.41, 5.74) is 7.58. The Morgan fingerprint density at radius 2 is 2.04 bits per heavy atom. The van der Waals surface area contributed by atoms with Gasteiger partial charge in [-0.3, -0.25) is 14.2 Å². The second kappa shape index (κ2) is 7.00. The van der Waals surface area contributed by atoms with Crippen molar-refractivity contribution in [2.45, 2.75) is 32.2 Å². The zero-order valence-electron chi connectivity index (χ0n) is 14.8. The largest absolute Gasteiger partial charge is 0.366 e. The zero-order valence-corrected chi connectivity index (χ0v) is 15.6. The number of amides is 1. The summed E-state index contributed by atoms with van der Waals surface area (Å²) in [5, 5.41) is 3.95. The average molecular weight is 380 g/mol. The van der Waals surface area contributed by atoms with Crippen molar-refractivity contribution in [2.24, 2.45) is 5.73 Å². The number of fused-ring (bicyclic) bond motifs is 3. The topological polar surface area (TPSA) is 90.0 Å². The number of aryl methyl sites for hydroxylation is 2. The molecule has 2 aromatic heterocycles. The molecule has 1 aromatic carbocycles. The van der Waals surface area contributed by atoms with E-state index in [1.807, 2.05) is 0 Å². The first-order valence-corrected chi connectivity index (χ1v) is 9.73. The molecule has 0 spiro atoms. The number of thiophene rings is 1. The minimum atomic E-state index is -0.478. The van der Waals surface area contributed by atoms with E-state index < -0.39 is 5.91 Å². The fourth-order valence-electron chi connectivity index (χ4n) is 3.48. The van der Waals surface area contributed by atoms with Gasteiger partial charge in [0.2, 0.25) is 11.9 Å². The van der Waals surface area contributed by atoms with Crippen molar-refractivity contribution < 1.29 is 4.79 Å². The predicted octanol–water partition coefficient (Wildman–Crippen LogP) is 3.37. The van der Waals surface area contributed by atoms with Gasteiger partial charge in [0, 0.05) is 22.7 Å². The molecule has 7 heteroatoms. The van der Waals surface area contributed by atoms with Crippen LogP contribution in [0.15, 0.2) is 41.7 Å². The Balaban J connectivity index is 1.81. The van der Waals surface area contributed by atoms with E-state index >= 15 is 0 Å². The van der Waals surface area contributed by atoms with Crippen LogP contribution in [-0.4, -0.2) is 15.5 Å². The molecule has 6 nitrogen and oxygen atoms in total. The van der Waals surface area contributed by atoms with Crippen LogP contribution < -0.4 is 16.6 Å². The van der Waals surface area contributed by atoms with Crippen LogP contribution in [0, 0.1) is 0 Å². The molecular formula is C20H20N4O2S. The lowest BCUT2D eigenvalue weighted by molar-refractivity contribution is 0.100. The first kappa shape index (κ1) is 17.5. The van der Waals surface area contributed by atoms with Gasteiger partial charge in [-0.05, 0) is 55.5 Å². The average Bonchev–Trinajstić information content (AvgIpc) is 3.03. The van der Waals surface area contributed by atoms with Crippen molar-refractivity contribution in [3.63, 3.8) is 0 Å². The molecule has 1 aliphatic carbocycles. The molecule has 0 unspecified atom stereocenters. The van der Waals surface area contributed by atoms with E-state index in [0.29, 0.717) is 18.1 Å². The smallest absolute Gasteiger partial charge is 0.264 e. The van der Waals surface area contributed by atoms with Crippen LogP contribution in [0.3, 0.4) is 0 Å². The normalized spacial score (nSPS) is 13.3. The number of primary amides is 1. The van der Waals surface area contributed by atoms with E-state index in [9.17, 15) is 9.59 Å². The van der Waals surface area contributed by atoms with E-state index in [4.69, 9.17) is 10.7 Å². The summed E-state index contributed by atoms with van der Waals surface area (Å²) in [4.78, 5) is 31.2. The summed E-state index contributed by atoms with van der Waals surface area (Å²) in [6.45, 7) is 4.14. The van der Waals surface area contributed by atoms with Gasteiger partial charge in [0.15, 0.2) is 0 Å². The van der Waals surface area contributed by atoms with Crippen molar-refractivity contribution in [2.75, 3.05) is 5.32 Å². The predicted molar refractivity (Wildman–Crippen MR) is 109 cm³/mol. The second-order valence-corrected chi connectivity index (χ2v) is 7.68. The maximum absolute atomic E-state index is 13.2. The van der Waals surface area contributed by atoms with Gasteiger partial charge in [-0.25, -0.2) is 4.98 Å². The molecule has 0 radical (unpaired) electrons. The number of nitrogens with zero attached hydrogens (tertiary/aromatic N) is 2. The van der Waals surface area contributed by atoms with Gasteiger partial charge in [0.25, 0.3) is 5.56 Å². The number of benzene rings is 1. The monoisotopic (exact) mass is 380 g/mol. The Labute approximate surface area is 160 Å². The third kappa shape index (κ3) is 3.14. The summed E-state index contributed by atoms with van der Waals surface area (Å²) < 4.78 is 1.61. The third-order valence-corrected chi connectivity index (χ3v) is 6.00. The number of rotatable bonds is 5. The van der Waals surface area contributed by atoms with E-state index in [0.717, 1.165) is 41.6 Å². The Morgan fingerprint density at radius 3 is 2.74 bits per heavy atom. The van der Waals surface area contributed by atoms with E-state index in [2.05, 4.69) is 11.9 Å². The highest BCUT2D eigenvalue weighted by Gasteiger charge is 2.21. The van der Waals surface area contributed by atoms with Gasteiger partial charge >= 0.3 is 0 Å². The molecular weight excluding hydrogens is 360 g/mol. The summed E-state index contributed by atoms with van der Waals surface area (Å²) in [7, 11) is 0. The summed E-state index contributed by atoms with van der Waals surface area (Å²) in [6, 6.07) is 6.77. The maximum Gasteiger partial charge on any atom is 0.264 e. The molecule has 0 fully saturated rings. The Hall–Kier alpha value is -2.93. The van der Waals surface area contributed by atoms with Crippen molar-refractivity contribution in [1.82, 2.24) is 9.55 Å². The molecule has 3 N–H and O–H groups in total. The highest BCUT2D eigenvalue weighted by molar-refractivity contribution is 7.18. The van der Waals surface area contributed by atoms with Crippen LogP contribution in [0.1, 0.15) is 33.6 Å². The number of allylic oxidation sites excluding steroid dienone is 1. The van der Waals surface area contributed by atoms with Crippen molar-refractivity contribution >= 4 is 39.1 Å². The first-order chi connectivity index (χ1) is 13.1. The van der Waals surface area contributed by atoms with Crippen LogP contribution in [0.2, 0.25) is 0 Å². The molecule has 1 aliphatic rings. The molecule has 4 rings (SSSR count). The standard InChI is InChI=1S/C20H20N4O2S/c1-2-11-24-19(26)16-14-5-3-4-6-15(14)27-18(16)23-20(24)22-13-9-7-12(8-10-13)17(21)25/h2,7-10H,1,3-6,11H2,(H2,21,25)(H,22,23). The van der Waals surface area contributed by atoms with Crippen LogP contribution in [0.25, 0.3) is 10.2 Å². The van der Waals surface area contributed by atoms with Gasteiger partial charge in [0.05, 0.1) is 5.39 Å². The summed E-state index contributed by atoms with van der Waals surface area (Å²) >= 11 is 1.62. The Bertz CT molecular complexity index is 1100. The molecule has 0 saturated heterocycles. The Kier molecular flexibility index (Phi) is 4.53. The quantitative estimate of drug-likeness (QED) is 0.664. The molecule has 0 bridgehead atoms. The van der Waals surface area contributed by atoms with E-state index in [-0.39, 0.29) is 5.56 Å². The lowest BCUT2D eigenvalue weighted by Gasteiger charge is -2.14. The molecule has 1 amide bonds. The minimum Gasteiger partial charge on any atom is -0.366 e. The van der Waals surface area contributed by atoms with Crippen LogP contribution in [0.5, 0.6) is 0 Å². The molecule has 138 valence electrons. The number of hydrogen-bond donors (Lipinski definition) is 2. The fourth-order valence-corrected chi connectivity index (χ4v) is 4.73. The van der Waals surface area contributed by atoms with E-state index in [1.165, 1.54) is 10.4 Å². The van der Waals surface area contributed by atoms with Gasteiger partial charge < -0.3 is 11.1 Å². The molecule has 0 aliphatic heterocycles. The van der Waals surface area contributed by atoms with Crippen LogP contribution in [-0.2, 0) is 19.4 Å². The number of aromatic nitrogens is 2. The number of carbonyl (C=O) groups excluding carboxylic acids is 1. The highest BCUT2D eigenvalue weighted by Crippen LogP contribution is 2.34. The molecule has 3 aromatic rings. The van der Waals surface area contributed by atoms with Crippen LogP contribution in [0.4, 0.5) is 11.6 Å². The number of carbonyl (C=O) groups is 1. The van der Waals surface area contributed by atoms with Crippen LogP contribution >= 0.6 is 11.3 Å². The van der Waals surface area contributed by atoms with Gasteiger partial charge in [0.1, 0.15) is 4.83 Å². The van der Waals surface area contributed by atoms with Gasteiger partial charge in [-0.1, -0.05) is 6.08 Å². The first-order valence-electron chi connectivity index (χ1n) is 8.91. The second-order valence-electron chi connectivity index (χ2n) is 6.60. The third-order valence-electron chi connectivity index (χ3n) is 4.81. The lowest BCUT2D eigenvalue weighted by Crippen LogP contribution is -2.24. The van der Waals surface area contributed by atoms with E-state index in [1.54, 1.807) is 46.2 Å². The molecule has 27 heavy (non-hydrogen) atoms. The summed E-state index contributed by atoms with van der Waals surface area (Å²) in [6.07, 6.45) is 5.94. The number of anilines is 2. The van der Waals surface area contributed by atoms with Crippen molar-refractivity contribution in [3.8, 4) is 0 Å². The molecule has 2 heterocycles. The lowest BCUT2D eigenvalue weighted by atomic mass is 9.97. The molecule has 0 atom stereocenters. The maximum atomic E-state index is 13.2. The number of nitrogens with one attached hydrogen (secondary N) is 1. The SMILES string of the molecule is C=CCn1c(Nc2ccc(C(N)=O)cc2)nc2sc3c(c2c1=O)CCCC3. The summed E-state index contributed by atoms with van der Waals surface area (Å²) in [5.74, 6) is -0.00773. The highest BCUT2D eigenvalue weighted by atomic mass is 32.1. The van der Waals surface area contributed by atoms with Crippen molar-refractivity contribution in [3.05, 3.63) is 63.3 Å². The minimum absolute atomic E-state index is 0.0319. The molecule has 0 saturated carbocycles. The zero-order chi connectivity index (χ0) is 19.0.